The molecule has 31 heavy (non-hydrogen) atoms. The summed E-state index contributed by atoms with van der Waals surface area (Å²) >= 11 is 0. The molecule has 0 heterocycles. The Morgan fingerprint density at radius 3 is 1.48 bits per heavy atom. The highest BCUT2D eigenvalue weighted by Crippen LogP contribution is 2.32. The molecule has 160 valence electrons. The molecular weight excluding hydrogens is 445 g/mol. The van der Waals surface area contributed by atoms with Crippen LogP contribution in [-0.2, 0) is 21.0 Å². The van der Waals surface area contributed by atoms with Crippen molar-refractivity contribution in [2.24, 2.45) is 0 Å². The lowest BCUT2D eigenvalue weighted by Gasteiger charge is -2.08. The molecule has 0 atom stereocenters. The van der Waals surface area contributed by atoms with E-state index in [0.29, 0.717) is 0 Å². The molecule has 0 aromatic heterocycles. The van der Waals surface area contributed by atoms with E-state index in [2.05, 4.69) is 103 Å². The van der Waals surface area contributed by atoms with Gasteiger partial charge in [0.2, 0.25) is 0 Å². The molecule has 3 nitrogen and oxygen atoms in total. The molecule has 0 saturated carbocycles. The maximum absolute atomic E-state index is 10.7. The molecule has 0 bridgehead atoms. The maximum atomic E-state index is 10.7. The van der Waals surface area contributed by atoms with E-state index in [9.17, 15) is 13.2 Å². The van der Waals surface area contributed by atoms with Gasteiger partial charge >= 0.3 is 5.51 Å². The fourth-order valence-electron chi connectivity index (χ4n) is 2.82. The molecule has 0 fully saturated rings. The SMILES string of the molecule is O=S(=O)([O-])C(F)(F)F.c1ccc([S+](c2ccccc2)c2ccc3ccccc3c2)cc1. The van der Waals surface area contributed by atoms with Crippen LogP contribution >= 0.6 is 0 Å². The molecule has 8 heteroatoms. The fraction of sp³-hybridized carbons (Fsp3) is 0.0435. The van der Waals surface area contributed by atoms with E-state index in [1.807, 2.05) is 0 Å². The van der Waals surface area contributed by atoms with E-state index in [1.54, 1.807) is 0 Å². The first-order chi connectivity index (χ1) is 14.7. The summed E-state index contributed by atoms with van der Waals surface area (Å²) in [7, 11) is -6.16. The van der Waals surface area contributed by atoms with E-state index < -0.39 is 15.6 Å². The van der Waals surface area contributed by atoms with E-state index in [4.69, 9.17) is 13.0 Å². The van der Waals surface area contributed by atoms with Crippen LogP contribution in [0.15, 0.2) is 118 Å². The van der Waals surface area contributed by atoms with Crippen molar-refractivity contribution in [1.29, 1.82) is 0 Å². The summed E-state index contributed by atoms with van der Waals surface area (Å²) in [6.07, 6.45) is 0. The van der Waals surface area contributed by atoms with Crippen molar-refractivity contribution in [2.45, 2.75) is 20.2 Å². The van der Waals surface area contributed by atoms with Crippen molar-refractivity contribution in [3.63, 3.8) is 0 Å². The normalized spacial score (nSPS) is 11.8. The van der Waals surface area contributed by atoms with Crippen LogP contribution in [0.5, 0.6) is 0 Å². The van der Waals surface area contributed by atoms with Crippen molar-refractivity contribution in [1.82, 2.24) is 0 Å². The number of hydrogen-bond donors (Lipinski definition) is 0. The zero-order chi connectivity index (χ0) is 22.5. The average Bonchev–Trinajstić information content (AvgIpc) is 2.74. The van der Waals surface area contributed by atoms with Crippen LogP contribution in [0.4, 0.5) is 13.2 Å². The highest BCUT2D eigenvalue weighted by molar-refractivity contribution is 7.97. The van der Waals surface area contributed by atoms with Gasteiger partial charge in [-0.25, -0.2) is 8.42 Å². The summed E-state index contributed by atoms with van der Waals surface area (Å²) in [5, 5.41) is 2.59. The lowest BCUT2D eigenvalue weighted by Crippen LogP contribution is -2.21. The first-order valence-electron chi connectivity index (χ1n) is 9.02. The highest BCUT2D eigenvalue weighted by Gasteiger charge is 2.37. The van der Waals surface area contributed by atoms with Crippen LogP contribution in [-0.4, -0.2) is 18.5 Å². The first-order valence-corrected chi connectivity index (χ1v) is 11.7. The van der Waals surface area contributed by atoms with Crippen molar-refractivity contribution >= 4 is 31.8 Å². The summed E-state index contributed by atoms with van der Waals surface area (Å²) in [6.45, 7) is 0. The highest BCUT2D eigenvalue weighted by atomic mass is 32.2. The Morgan fingerprint density at radius 2 is 1.03 bits per heavy atom. The number of hydrogen-bond acceptors (Lipinski definition) is 3. The molecule has 4 rings (SSSR count). The molecule has 4 aromatic carbocycles. The molecule has 0 aliphatic carbocycles. The second kappa shape index (κ2) is 9.55. The molecule has 0 radical (unpaired) electrons. The lowest BCUT2D eigenvalue weighted by atomic mass is 10.1. The van der Waals surface area contributed by atoms with Gasteiger partial charge in [0.05, 0.1) is 10.9 Å². The standard InChI is InChI=1S/C22H17S.CHF3O3S/c1-3-11-20(12-4-1)23(21-13-5-2-6-14-21)22-16-15-18-9-7-8-10-19(18)17-22;2-1(3,4)8(5,6)7/h1-17H;(H,5,6,7)/q+1;/p-1. The van der Waals surface area contributed by atoms with Crippen molar-refractivity contribution in [2.75, 3.05) is 0 Å². The van der Waals surface area contributed by atoms with E-state index >= 15 is 0 Å². The quantitative estimate of drug-likeness (QED) is 0.214. The molecule has 0 spiro atoms. The van der Waals surface area contributed by atoms with Crippen LogP contribution in [0.3, 0.4) is 0 Å². The number of benzene rings is 4. The minimum Gasteiger partial charge on any atom is -0.741 e. The molecule has 4 aromatic rings. The Kier molecular flexibility index (Phi) is 7.04. The third-order valence-corrected chi connectivity index (χ3v) is 6.98. The Labute approximate surface area is 181 Å². The van der Waals surface area contributed by atoms with Gasteiger partial charge in [0.25, 0.3) is 0 Å². The maximum Gasteiger partial charge on any atom is 0.485 e. The van der Waals surface area contributed by atoms with Gasteiger partial charge < -0.3 is 4.55 Å². The molecule has 0 aliphatic rings. The zero-order valence-electron chi connectivity index (χ0n) is 16.0. The van der Waals surface area contributed by atoms with Gasteiger partial charge in [0.1, 0.15) is 0 Å². The van der Waals surface area contributed by atoms with E-state index in [0.717, 1.165) is 0 Å². The van der Waals surface area contributed by atoms with E-state index in [1.165, 1.54) is 25.5 Å². The Hall–Kier alpha value is -2.81. The third kappa shape index (κ3) is 5.88. The second-order valence-electron chi connectivity index (χ2n) is 6.34. The summed E-state index contributed by atoms with van der Waals surface area (Å²) in [5.74, 6) is 0. The monoisotopic (exact) mass is 462 g/mol. The molecular formula is C23H17F3O3S2. The Morgan fingerprint density at radius 1 is 0.613 bits per heavy atom. The molecule has 0 aliphatic heterocycles. The lowest BCUT2D eigenvalue weighted by molar-refractivity contribution is -0.0517. The van der Waals surface area contributed by atoms with E-state index in [-0.39, 0.29) is 10.9 Å². The van der Waals surface area contributed by atoms with Crippen molar-refractivity contribution in [3.8, 4) is 0 Å². The van der Waals surface area contributed by atoms with Crippen LogP contribution < -0.4 is 0 Å². The molecule has 0 unspecified atom stereocenters. The minimum absolute atomic E-state index is 0.0707. The summed E-state index contributed by atoms with van der Waals surface area (Å²) < 4.78 is 58.9. The number of alkyl halides is 3. The van der Waals surface area contributed by atoms with Gasteiger partial charge in [-0.2, -0.15) is 13.2 Å². The summed E-state index contributed by atoms with van der Waals surface area (Å²) in [5.41, 5.74) is -5.65. The number of rotatable bonds is 3. The predicted molar refractivity (Wildman–Crippen MR) is 115 cm³/mol. The summed E-state index contributed by atoms with van der Waals surface area (Å²) in [6, 6.07) is 37.0. The van der Waals surface area contributed by atoms with Crippen LogP contribution in [0.2, 0.25) is 0 Å². The van der Waals surface area contributed by atoms with Gasteiger partial charge in [-0.3, -0.25) is 0 Å². The van der Waals surface area contributed by atoms with Crippen LogP contribution in [0.25, 0.3) is 10.8 Å². The smallest absolute Gasteiger partial charge is 0.485 e. The van der Waals surface area contributed by atoms with Gasteiger partial charge in [-0.15, -0.1) is 0 Å². The van der Waals surface area contributed by atoms with Gasteiger partial charge in [-0.1, -0.05) is 60.7 Å². The molecule has 0 amide bonds. The minimum atomic E-state index is -6.09. The van der Waals surface area contributed by atoms with Crippen LogP contribution in [0, 0.1) is 0 Å². The zero-order valence-corrected chi connectivity index (χ0v) is 17.6. The van der Waals surface area contributed by atoms with Gasteiger partial charge in [0, 0.05) is 6.07 Å². The molecule has 0 N–H and O–H groups in total. The van der Waals surface area contributed by atoms with Crippen LogP contribution in [0.1, 0.15) is 0 Å². The fourth-order valence-corrected chi connectivity index (χ4v) is 4.94. The summed E-state index contributed by atoms with van der Waals surface area (Å²) in [4.78, 5) is 4.07. The van der Waals surface area contributed by atoms with Gasteiger partial charge in [-0.05, 0) is 47.2 Å². The average molecular weight is 463 g/mol. The van der Waals surface area contributed by atoms with Crippen molar-refractivity contribution < 1.29 is 26.1 Å². The first kappa shape index (κ1) is 22.9. The number of halogens is 3. The Bertz CT molecular complexity index is 1200. The largest absolute Gasteiger partial charge is 0.741 e. The second-order valence-corrected chi connectivity index (χ2v) is 9.74. The third-order valence-electron chi connectivity index (χ3n) is 4.20. The topological polar surface area (TPSA) is 57.2 Å². The van der Waals surface area contributed by atoms with Crippen molar-refractivity contribution in [3.05, 3.63) is 103 Å². The molecule has 0 saturated heterocycles. The Balaban J connectivity index is 0.000000293. The van der Waals surface area contributed by atoms with Gasteiger partial charge in [0.15, 0.2) is 24.8 Å². The number of fused-ring (bicyclic) bond motifs is 1. The predicted octanol–water partition coefficient (Wildman–Crippen LogP) is 5.99.